The first-order chi connectivity index (χ1) is 8.52. The van der Waals surface area contributed by atoms with Gasteiger partial charge in [0.2, 0.25) is 10.0 Å². The highest BCUT2D eigenvalue weighted by Gasteiger charge is 2.53. The maximum atomic E-state index is 12.3. The lowest BCUT2D eigenvalue weighted by atomic mass is 10.2. The third-order valence-corrected chi connectivity index (χ3v) is 5.04. The monoisotopic (exact) mass is 267 g/mol. The van der Waals surface area contributed by atoms with Crippen LogP contribution in [0.5, 0.6) is 0 Å². The molecule has 18 heavy (non-hydrogen) atoms. The minimum Gasteiger partial charge on any atom is -0.395 e. The number of aliphatic hydroxyl groups is 1. The Morgan fingerprint density at radius 2 is 1.94 bits per heavy atom. The van der Waals surface area contributed by atoms with Crippen molar-refractivity contribution in [2.75, 3.05) is 6.61 Å². The average molecular weight is 267 g/mol. The van der Waals surface area contributed by atoms with Crippen molar-refractivity contribution in [3.63, 3.8) is 0 Å². The molecular formula is C13H17NO3S. The molecule has 1 aliphatic rings. The highest BCUT2D eigenvalue weighted by Crippen LogP contribution is 2.36. The largest absolute Gasteiger partial charge is 0.395 e. The summed E-state index contributed by atoms with van der Waals surface area (Å²) in [6.45, 7) is 3.59. The van der Waals surface area contributed by atoms with Crippen LogP contribution in [0, 0.1) is 6.92 Å². The molecule has 1 N–H and O–H groups in total. The number of aliphatic hydroxyl groups excluding tert-OH is 1. The molecule has 0 saturated carbocycles. The number of sulfonamides is 1. The minimum atomic E-state index is -3.49. The van der Waals surface area contributed by atoms with Crippen molar-refractivity contribution < 1.29 is 13.5 Å². The lowest BCUT2D eigenvalue weighted by Gasteiger charge is -2.06. The molecular weight excluding hydrogens is 250 g/mol. The number of benzene rings is 1. The van der Waals surface area contributed by atoms with Crippen LogP contribution in [0.2, 0.25) is 0 Å². The molecule has 4 nitrogen and oxygen atoms in total. The maximum absolute atomic E-state index is 12.3. The third kappa shape index (κ3) is 2.21. The smallest absolute Gasteiger partial charge is 0.244 e. The Labute approximate surface area is 108 Å². The second kappa shape index (κ2) is 4.84. The van der Waals surface area contributed by atoms with Gasteiger partial charge in [-0.1, -0.05) is 29.8 Å². The summed E-state index contributed by atoms with van der Waals surface area (Å²) in [6.07, 6.45) is 3.60. The van der Waals surface area contributed by atoms with Gasteiger partial charge in [-0.3, -0.25) is 0 Å². The van der Waals surface area contributed by atoms with Crippen LogP contribution in [0.3, 0.4) is 0 Å². The Bertz CT molecular complexity index is 548. The number of hydrogen-bond acceptors (Lipinski definition) is 3. The summed E-state index contributed by atoms with van der Waals surface area (Å²) < 4.78 is 26.0. The van der Waals surface area contributed by atoms with Gasteiger partial charge in [-0.15, -0.1) is 0 Å². The Balaban J connectivity index is 2.30. The fourth-order valence-electron chi connectivity index (χ4n) is 2.05. The summed E-state index contributed by atoms with van der Waals surface area (Å²) in [5.41, 5.74) is 1.02. The summed E-state index contributed by atoms with van der Waals surface area (Å²) in [5.74, 6) is 0. The molecule has 1 aromatic rings. The molecule has 0 aliphatic carbocycles. The standard InChI is InChI=1S/C13H17NO3S/c1-3-4-12-13(9-15)14(12)18(16,17)11-7-5-10(2)6-8-11/h3-8,12-13,15H,9H2,1-2H3/b4-3+/t12-,13+,14?/m0/s1. The van der Waals surface area contributed by atoms with E-state index in [4.69, 9.17) is 0 Å². The van der Waals surface area contributed by atoms with Crippen LogP contribution < -0.4 is 0 Å². The van der Waals surface area contributed by atoms with E-state index in [0.29, 0.717) is 0 Å². The van der Waals surface area contributed by atoms with E-state index in [2.05, 4.69) is 0 Å². The average Bonchev–Trinajstić information content (AvgIpc) is 3.04. The van der Waals surface area contributed by atoms with Crippen LogP contribution in [-0.4, -0.2) is 36.5 Å². The summed E-state index contributed by atoms with van der Waals surface area (Å²) >= 11 is 0. The maximum Gasteiger partial charge on any atom is 0.244 e. The van der Waals surface area contributed by atoms with Crippen LogP contribution in [0.25, 0.3) is 0 Å². The van der Waals surface area contributed by atoms with Crippen molar-refractivity contribution in [1.82, 2.24) is 4.31 Å². The molecule has 0 aromatic heterocycles. The zero-order valence-electron chi connectivity index (χ0n) is 10.4. The molecule has 1 heterocycles. The normalized spacial score (nSPS) is 27.6. The molecule has 0 spiro atoms. The van der Waals surface area contributed by atoms with E-state index in [9.17, 15) is 13.5 Å². The first-order valence-corrected chi connectivity index (χ1v) is 7.30. The van der Waals surface area contributed by atoms with E-state index in [1.54, 1.807) is 36.4 Å². The van der Waals surface area contributed by atoms with Gasteiger partial charge in [0, 0.05) is 0 Å². The molecule has 0 amide bonds. The second-order valence-corrected chi connectivity index (χ2v) is 6.26. The van der Waals surface area contributed by atoms with Gasteiger partial charge in [-0.05, 0) is 26.0 Å². The Hall–Kier alpha value is -1.17. The van der Waals surface area contributed by atoms with Crippen molar-refractivity contribution in [3.05, 3.63) is 42.0 Å². The predicted molar refractivity (Wildman–Crippen MR) is 69.7 cm³/mol. The lowest BCUT2D eigenvalue weighted by molar-refractivity contribution is 0.286. The molecule has 1 fully saturated rings. The Morgan fingerprint density at radius 1 is 1.33 bits per heavy atom. The van der Waals surface area contributed by atoms with Crippen molar-refractivity contribution in [2.45, 2.75) is 30.8 Å². The second-order valence-electron chi connectivity index (χ2n) is 4.41. The van der Waals surface area contributed by atoms with Crippen molar-refractivity contribution in [1.29, 1.82) is 0 Å². The number of aryl methyl sites for hydroxylation is 1. The number of hydrogen-bond donors (Lipinski definition) is 1. The van der Waals surface area contributed by atoms with Crippen LogP contribution in [0.15, 0.2) is 41.3 Å². The van der Waals surface area contributed by atoms with Crippen LogP contribution in [-0.2, 0) is 10.0 Å². The zero-order chi connectivity index (χ0) is 13.3. The highest BCUT2D eigenvalue weighted by atomic mass is 32.2. The summed E-state index contributed by atoms with van der Waals surface area (Å²) in [4.78, 5) is 0.276. The van der Waals surface area contributed by atoms with Gasteiger partial charge in [-0.25, -0.2) is 8.42 Å². The van der Waals surface area contributed by atoms with E-state index >= 15 is 0 Å². The number of rotatable bonds is 4. The van der Waals surface area contributed by atoms with Crippen molar-refractivity contribution >= 4 is 10.0 Å². The van der Waals surface area contributed by atoms with Crippen molar-refractivity contribution in [3.8, 4) is 0 Å². The minimum absolute atomic E-state index is 0.153. The molecule has 0 radical (unpaired) electrons. The fraction of sp³-hybridized carbons (Fsp3) is 0.385. The molecule has 3 atom stereocenters. The van der Waals surface area contributed by atoms with Gasteiger partial charge >= 0.3 is 0 Å². The molecule has 1 aliphatic heterocycles. The van der Waals surface area contributed by atoms with Crippen LogP contribution >= 0.6 is 0 Å². The molecule has 0 bridgehead atoms. The van der Waals surface area contributed by atoms with Crippen LogP contribution in [0.1, 0.15) is 12.5 Å². The van der Waals surface area contributed by atoms with E-state index in [-0.39, 0.29) is 23.6 Å². The summed E-state index contributed by atoms with van der Waals surface area (Å²) in [7, 11) is -3.49. The molecule has 2 rings (SSSR count). The topological polar surface area (TPSA) is 57.4 Å². The molecule has 1 saturated heterocycles. The fourth-order valence-corrected chi connectivity index (χ4v) is 3.79. The van der Waals surface area contributed by atoms with Gasteiger partial charge in [0.05, 0.1) is 23.6 Å². The zero-order valence-corrected chi connectivity index (χ0v) is 11.3. The van der Waals surface area contributed by atoms with Gasteiger partial charge in [0.25, 0.3) is 0 Å². The SMILES string of the molecule is C/C=C/[C@H]1[C@@H](CO)N1S(=O)(=O)c1ccc(C)cc1. The number of allylic oxidation sites excluding steroid dienone is 1. The third-order valence-electron chi connectivity index (χ3n) is 3.10. The molecule has 98 valence electrons. The summed E-state index contributed by atoms with van der Waals surface area (Å²) in [6, 6.07) is 6.21. The van der Waals surface area contributed by atoms with Crippen molar-refractivity contribution in [2.24, 2.45) is 0 Å². The van der Waals surface area contributed by atoms with Gasteiger partial charge < -0.3 is 5.11 Å². The van der Waals surface area contributed by atoms with Crippen LogP contribution in [0.4, 0.5) is 0 Å². The van der Waals surface area contributed by atoms with Gasteiger partial charge in [0.15, 0.2) is 0 Å². The van der Waals surface area contributed by atoms with E-state index in [1.165, 1.54) is 4.31 Å². The van der Waals surface area contributed by atoms with E-state index in [1.807, 2.05) is 13.8 Å². The lowest BCUT2D eigenvalue weighted by Crippen LogP contribution is -2.16. The summed E-state index contributed by atoms with van der Waals surface area (Å²) in [5, 5.41) is 9.19. The molecule has 5 heteroatoms. The Morgan fingerprint density at radius 3 is 2.44 bits per heavy atom. The quantitative estimate of drug-likeness (QED) is 0.661. The molecule has 1 unspecified atom stereocenters. The predicted octanol–water partition coefficient (Wildman–Crippen LogP) is 1.30. The first-order valence-electron chi connectivity index (χ1n) is 5.86. The molecule has 1 aromatic carbocycles. The Kier molecular flexibility index (Phi) is 3.56. The first kappa shape index (κ1) is 13.3. The van der Waals surface area contributed by atoms with E-state index < -0.39 is 10.0 Å². The number of nitrogens with zero attached hydrogens (tertiary/aromatic N) is 1. The van der Waals surface area contributed by atoms with Gasteiger partial charge in [-0.2, -0.15) is 4.31 Å². The highest BCUT2D eigenvalue weighted by molar-refractivity contribution is 7.89. The van der Waals surface area contributed by atoms with E-state index in [0.717, 1.165) is 5.56 Å². The van der Waals surface area contributed by atoms with Gasteiger partial charge in [0.1, 0.15) is 0 Å².